The van der Waals surface area contributed by atoms with Crippen molar-refractivity contribution < 1.29 is 14.5 Å². The van der Waals surface area contributed by atoms with Gasteiger partial charge in [-0.05, 0) is 25.5 Å². The highest BCUT2D eigenvalue weighted by Crippen LogP contribution is 2.00. The number of nitrogens with zero attached hydrogens (tertiary/aromatic N) is 1. The maximum absolute atomic E-state index is 12.0. The largest absolute Gasteiger partial charge is 0.462 e. The van der Waals surface area contributed by atoms with Crippen LogP contribution in [-0.4, -0.2) is 17.0 Å². The van der Waals surface area contributed by atoms with Gasteiger partial charge in [0.25, 0.3) is 5.65 Å². The van der Waals surface area contributed by atoms with Crippen molar-refractivity contribution in [3.05, 3.63) is 46.0 Å². The predicted molar refractivity (Wildman–Crippen MR) is 60.9 cm³/mol. The van der Waals surface area contributed by atoms with E-state index in [4.69, 9.17) is 4.74 Å². The van der Waals surface area contributed by atoms with Crippen LogP contribution >= 0.6 is 0 Å². The topological polar surface area (TPSA) is 61.9 Å². The Morgan fingerprint density at radius 2 is 2.29 bits per heavy atom. The van der Waals surface area contributed by atoms with E-state index in [2.05, 4.69) is 4.98 Å². The standard InChI is InChI=1S/C12H12N2O3/c1-3-17-12(16)9-7-13-10-6-8(2)4-5-14(10)11(9)15/h4-7H,3H2,1-2H3/p+1. The van der Waals surface area contributed by atoms with Gasteiger partial charge >= 0.3 is 11.5 Å². The van der Waals surface area contributed by atoms with Crippen molar-refractivity contribution >= 4 is 11.6 Å². The summed E-state index contributed by atoms with van der Waals surface area (Å²) in [5.41, 5.74) is 1.30. The Kier molecular flexibility index (Phi) is 2.91. The summed E-state index contributed by atoms with van der Waals surface area (Å²) in [7, 11) is 0. The summed E-state index contributed by atoms with van der Waals surface area (Å²) >= 11 is 0. The molecule has 0 spiro atoms. The molecule has 0 amide bonds. The van der Waals surface area contributed by atoms with Crippen molar-refractivity contribution in [1.29, 1.82) is 0 Å². The van der Waals surface area contributed by atoms with E-state index in [0.717, 1.165) is 5.56 Å². The number of hydrogen-bond donors (Lipinski definition) is 0. The van der Waals surface area contributed by atoms with Crippen LogP contribution < -0.4 is 10.5 Å². The first-order chi connectivity index (χ1) is 8.13. The van der Waals surface area contributed by atoms with Crippen LogP contribution in [0.4, 0.5) is 0 Å². The number of rotatable bonds is 2. The Labute approximate surface area is 97.7 Å². The third kappa shape index (κ3) is 2.04. The van der Waals surface area contributed by atoms with Gasteiger partial charge in [0.2, 0.25) is 0 Å². The van der Waals surface area contributed by atoms with Crippen LogP contribution in [0.3, 0.4) is 0 Å². The molecule has 2 aromatic rings. The quantitative estimate of drug-likeness (QED) is 0.713. The van der Waals surface area contributed by atoms with E-state index in [1.807, 2.05) is 13.0 Å². The number of aromatic nitrogens is 2. The molecule has 0 unspecified atom stereocenters. The third-order valence-electron chi connectivity index (χ3n) is 2.42. The molecule has 0 fully saturated rings. The number of H-pyrrole nitrogens is 1. The van der Waals surface area contributed by atoms with Gasteiger partial charge in [-0.2, -0.15) is 4.40 Å². The number of carbonyl (C=O) groups is 1. The van der Waals surface area contributed by atoms with Crippen molar-refractivity contribution in [2.75, 3.05) is 6.61 Å². The van der Waals surface area contributed by atoms with Gasteiger partial charge in [-0.15, -0.1) is 0 Å². The molecule has 0 atom stereocenters. The molecule has 0 aromatic carbocycles. The Morgan fingerprint density at radius 1 is 1.53 bits per heavy atom. The minimum atomic E-state index is -0.608. The van der Waals surface area contributed by atoms with Gasteiger partial charge in [0.1, 0.15) is 12.4 Å². The molecule has 0 radical (unpaired) electrons. The van der Waals surface area contributed by atoms with Crippen molar-refractivity contribution in [3.8, 4) is 0 Å². The predicted octanol–water partition coefficient (Wildman–Crippen LogP) is 0.599. The Morgan fingerprint density at radius 3 is 3.00 bits per heavy atom. The number of pyridine rings is 1. The molecule has 0 aliphatic carbocycles. The van der Waals surface area contributed by atoms with Gasteiger partial charge < -0.3 is 4.74 Å². The van der Waals surface area contributed by atoms with Crippen LogP contribution in [-0.2, 0) is 4.74 Å². The lowest BCUT2D eigenvalue weighted by Crippen LogP contribution is -2.29. The van der Waals surface area contributed by atoms with E-state index in [0.29, 0.717) is 5.65 Å². The van der Waals surface area contributed by atoms with Crippen molar-refractivity contribution in [2.45, 2.75) is 13.8 Å². The number of esters is 1. The molecule has 0 aliphatic rings. The molecule has 2 rings (SSSR count). The second-order valence-corrected chi connectivity index (χ2v) is 3.69. The summed E-state index contributed by atoms with van der Waals surface area (Å²) < 4.78 is 6.20. The summed E-state index contributed by atoms with van der Waals surface area (Å²) in [6, 6.07) is 3.63. The summed E-state index contributed by atoms with van der Waals surface area (Å²) in [6.45, 7) is 3.87. The monoisotopic (exact) mass is 233 g/mol. The maximum Gasteiger partial charge on any atom is 0.357 e. The summed E-state index contributed by atoms with van der Waals surface area (Å²) in [4.78, 5) is 26.4. The van der Waals surface area contributed by atoms with E-state index in [1.165, 1.54) is 10.6 Å². The fourth-order valence-electron chi connectivity index (χ4n) is 1.59. The highest BCUT2D eigenvalue weighted by molar-refractivity contribution is 5.88. The number of aryl methyl sites for hydroxylation is 1. The minimum absolute atomic E-state index is 0.00760. The van der Waals surface area contributed by atoms with Gasteiger partial charge in [0.15, 0.2) is 5.56 Å². The average molecular weight is 233 g/mol. The number of hydrogen-bond acceptors (Lipinski definition) is 3. The molecular weight excluding hydrogens is 220 g/mol. The van der Waals surface area contributed by atoms with Crippen LogP contribution in [0.1, 0.15) is 22.8 Å². The van der Waals surface area contributed by atoms with Crippen molar-refractivity contribution in [3.63, 3.8) is 0 Å². The Hall–Kier alpha value is -2.17. The zero-order valence-electron chi connectivity index (χ0n) is 9.69. The Balaban J connectivity index is 2.62. The fraction of sp³-hybridized carbons (Fsp3) is 0.250. The molecule has 17 heavy (non-hydrogen) atoms. The van der Waals surface area contributed by atoms with Gasteiger partial charge in [-0.1, -0.05) is 0 Å². The lowest BCUT2D eigenvalue weighted by molar-refractivity contribution is -0.351. The molecular formula is C12H13N2O3+. The molecule has 0 saturated heterocycles. The molecule has 5 heteroatoms. The second-order valence-electron chi connectivity index (χ2n) is 3.69. The molecule has 5 nitrogen and oxygen atoms in total. The van der Waals surface area contributed by atoms with E-state index in [1.54, 1.807) is 19.2 Å². The number of fused-ring (bicyclic) bond motifs is 1. The van der Waals surface area contributed by atoms with Gasteiger partial charge in [0.05, 0.1) is 6.61 Å². The smallest absolute Gasteiger partial charge is 0.357 e. The SMILES string of the molecule is CCOC(=O)c1c[nH+]c2cc(C)ccn2c1=O. The number of aromatic amines is 1. The Bertz CT molecular complexity index is 631. The lowest BCUT2D eigenvalue weighted by atomic mass is 10.3. The highest BCUT2D eigenvalue weighted by atomic mass is 16.5. The van der Waals surface area contributed by atoms with E-state index < -0.39 is 5.97 Å². The average Bonchev–Trinajstić information content (AvgIpc) is 2.29. The first-order valence-corrected chi connectivity index (χ1v) is 5.34. The first-order valence-electron chi connectivity index (χ1n) is 5.34. The number of ether oxygens (including phenoxy) is 1. The molecule has 0 saturated carbocycles. The van der Waals surface area contributed by atoms with Crippen LogP contribution in [0.5, 0.6) is 0 Å². The number of nitrogens with one attached hydrogen (secondary N) is 1. The van der Waals surface area contributed by atoms with Crippen LogP contribution in [0.15, 0.2) is 29.3 Å². The summed E-state index contributed by atoms with van der Waals surface area (Å²) in [5, 5.41) is 0. The van der Waals surface area contributed by atoms with Gasteiger partial charge in [-0.3, -0.25) is 0 Å². The maximum atomic E-state index is 12.0. The first kappa shape index (κ1) is 11.3. The lowest BCUT2D eigenvalue weighted by Gasteiger charge is -1.99. The van der Waals surface area contributed by atoms with E-state index in [9.17, 15) is 9.59 Å². The summed E-state index contributed by atoms with van der Waals surface area (Å²) in [5.74, 6) is -0.608. The minimum Gasteiger partial charge on any atom is -0.462 e. The van der Waals surface area contributed by atoms with E-state index in [-0.39, 0.29) is 17.7 Å². The third-order valence-corrected chi connectivity index (χ3v) is 2.42. The van der Waals surface area contributed by atoms with E-state index >= 15 is 0 Å². The van der Waals surface area contributed by atoms with Crippen LogP contribution in [0.25, 0.3) is 5.65 Å². The highest BCUT2D eigenvalue weighted by Gasteiger charge is 2.18. The molecule has 2 aromatic heterocycles. The van der Waals surface area contributed by atoms with Crippen molar-refractivity contribution in [1.82, 2.24) is 4.40 Å². The van der Waals surface area contributed by atoms with Gasteiger partial charge in [0, 0.05) is 6.07 Å². The normalized spacial score (nSPS) is 10.5. The van der Waals surface area contributed by atoms with Crippen LogP contribution in [0, 0.1) is 6.92 Å². The zero-order valence-corrected chi connectivity index (χ0v) is 9.69. The zero-order chi connectivity index (χ0) is 12.4. The van der Waals surface area contributed by atoms with Gasteiger partial charge in [-0.25, -0.2) is 14.6 Å². The molecule has 0 bridgehead atoms. The van der Waals surface area contributed by atoms with Crippen LogP contribution in [0.2, 0.25) is 0 Å². The second kappa shape index (κ2) is 4.37. The molecule has 1 N–H and O–H groups in total. The summed E-state index contributed by atoms with van der Waals surface area (Å²) in [6.07, 6.45) is 3.02. The fourth-order valence-corrected chi connectivity index (χ4v) is 1.59. The number of carbonyl (C=O) groups excluding carboxylic acids is 1. The molecule has 0 aliphatic heterocycles. The molecule has 2 heterocycles. The molecule has 88 valence electrons. The van der Waals surface area contributed by atoms with Crippen molar-refractivity contribution in [2.24, 2.45) is 0 Å².